The first kappa shape index (κ1) is 15.3. The van der Waals surface area contributed by atoms with E-state index in [1.54, 1.807) is 18.3 Å². The Morgan fingerprint density at radius 2 is 2.08 bits per heavy atom. The predicted octanol–water partition coefficient (Wildman–Crippen LogP) is 3.20. The summed E-state index contributed by atoms with van der Waals surface area (Å²) in [6.07, 6.45) is 1.24. The largest absolute Gasteiger partial charge is 0.375 e. The van der Waals surface area contributed by atoms with Crippen LogP contribution in [0.25, 0.3) is 10.9 Å². The molecular weight excluding hydrogens is 335 g/mol. The molecule has 130 valence electrons. The number of anilines is 1. The van der Waals surface area contributed by atoms with Crippen LogP contribution in [0.5, 0.6) is 0 Å². The molecule has 2 N–H and O–H groups in total. The number of fused-ring (bicyclic) bond motifs is 5. The van der Waals surface area contributed by atoms with Crippen LogP contribution >= 0.6 is 0 Å². The molecule has 3 unspecified atom stereocenters. The number of nitrogens with one attached hydrogen (secondary N) is 2. The second-order valence-corrected chi connectivity index (χ2v) is 6.46. The number of nitrogens with zero attached hydrogens (tertiary/aromatic N) is 2. The van der Waals surface area contributed by atoms with Gasteiger partial charge in [-0.1, -0.05) is 6.07 Å². The first-order valence-electron chi connectivity index (χ1n) is 8.41. The van der Waals surface area contributed by atoms with Crippen LogP contribution in [-0.4, -0.2) is 29.5 Å². The summed E-state index contributed by atoms with van der Waals surface area (Å²) < 4.78 is 25.9. The molecule has 3 aromatic rings. The minimum absolute atomic E-state index is 0.0219. The van der Waals surface area contributed by atoms with Gasteiger partial charge in [0.1, 0.15) is 24.1 Å². The number of nitriles is 1. The number of hydrogen-bond donors (Lipinski definition) is 2. The molecule has 2 aliphatic heterocycles. The first-order chi connectivity index (χ1) is 12.8. The normalized spacial score (nSPS) is 24.4. The van der Waals surface area contributed by atoms with Gasteiger partial charge in [-0.15, -0.1) is 0 Å². The van der Waals surface area contributed by atoms with Crippen molar-refractivity contribution >= 4 is 16.6 Å². The Morgan fingerprint density at radius 3 is 2.96 bits per heavy atom. The highest BCUT2D eigenvalue weighted by molar-refractivity contribution is 5.88. The lowest BCUT2D eigenvalue weighted by Crippen LogP contribution is -2.43. The van der Waals surface area contributed by atoms with Crippen molar-refractivity contribution < 1.29 is 13.9 Å². The number of H-pyrrole nitrogens is 1. The lowest BCUT2D eigenvalue weighted by molar-refractivity contribution is -0.150. The third-order valence-electron chi connectivity index (χ3n) is 5.05. The molecule has 0 saturated carbocycles. The second kappa shape index (κ2) is 5.80. The minimum Gasteiger partial charge on any atom is -0.375 e. The zero-order chi connectivity index (χ0) is 17.7. The standard InChI is InChI=1S/C19H15FN4O2/c20-13-2-1-10(7-11(13)8-21)17-19-18(25-5-6-26-19)16-12-9-22-24-14(12)3-4-15(16)23-17/h1-4,7,9,17-19,23H,5-6H2,(H,22,24). The molecule has 0 radical (unpaired) electrons. The van der Waals surface area contributed by atoms with Crippen LogP contribution in [0.15, 0.2) is 36.5 Å². The number of halogens is 1. The van der Waals surface area contributed by atoms with E-state index < -0.39 is 5.82 Å². The maximum absolute atomic E-state index is 13.7. The summed E-state index contributed by atoms with van der Waals surface area (Å²) in [5, 5.41) is 20.7. The van der Waals surface area contributed by atoms with Gasteiger partial charge in [0.25, 0.3) is 0 Å². The number of aromatic amines is 1. The third-order valence-corrected chi connectivity index (χ3v) is 5.05. The zero-order valence-electron chi connectivity index (χ0n) is 13.7. The van der Waals surface area contributed by atoms with E-state index in [9.17, 15) is 4.39 Å². The van der Waals surface area contributed by atoms with Crippen LogP contribution < -0.4 is 5.32 Å². The highest BCUT2D eigenvalue weighted by Crippen LogP contribution is 2.46. The van der Waals surface area contributed by atoms with Crippen LogP contribution in [0.1, 0.15) is 28.8 Å². The predicted molar refractivity (Wildman–Crippen MR) is 92.0 cm³/mol. The Bertz CT molecular complexity index is 1040. The maximum Gasteiger partial charge on any atom is 0.140 e. The van der Waals surface area contributed by atoms with Crippen LogP contribution in [0, 0.1) is 17.1 Å². The van der Waals surface area contributed by atoms with E-state index in [-0.39, 0.29) is 23.8 Å². The van der Waals surface area contributed by atoms with Crippen LogP contribution in [0.3, 0.4) is 0 Å². The van der Waals surface area contributed by atoms with E-state index in [1.165, 1.54) is 6.07 Å². The van der Waals surface area contributed by atoms with Gasteiger partial charge in [-0.05, 0) is 29.8 Å². The van der Waals surface area contributed by atoms with Crippen LogP contribution in [0.2, 0.25) is 0 Å². The van der Waals surface area contributed by atoms with Crippen molar-refractivity contribution in [1.29, 1.82) is 5.26 Å². The number of aromatic nitrogens is 2. The third kappa shape index (κ3) is 2.20. The van der Waals surface area contributed by atoms with Gasteiger partial charge in [-0.2, -0.15) is 10.4 Å². The molecule has 7 heteroatoms. The van der Waals surface area contributed by atoms with Crippen molar-refractivity contribution in [3.05, 3.63) is 59.0 Å². The van der Waals surface area contributed by atoms with E-state index in [4.69, 9.17) is 14.7 Å². The number of hydrogen-bond acceptors (Lipinski definition) is 5. The molecule has 0 bridgehead atoms. The van der Waals surface area contributed by atoms with E-state index in [2.05, 4.69) is 15.5 Å². The average Bonchev–Trinajstić information content (AvgIpc) is 3.16. The molecule has 0 amide bonds. The SMILES string of the molecule is N#Cc1cc(C2Nc3ccc4[nH]ncc4c3C3OCCOC23)ccc1F. The average molecular weight is 350 g/mol. The van der Waals surface area contributed by atoms with E-state index in [0.29, 0.717) is 13.2 Å². The van der Waals surface area contributed by atoms with Gasteiger partial charge in [0.05, 0.1) is 36.5 Å². The topological polar surface area (TPSA) is 83.0 Å². The van der Waals surface area contributed by atoms with Gasteiger partial charge in [-0.25, -0.2) is 4.39 Å². The number of rotatable bonds is 1. The van der Waals surface area contributed by atoms with Gasteiger partial charge in [0.2, 0.25) is 0 Å². The Hall–Kier alpha value is -2.95. The zero-order valence-corrected chi connectivity index (χ0v) is 13.7. The fraction of sp³-hybridized carbons (Fsp3) is 0.263. The van der Waals surface area contributed by atoms with Gasteiger partial charge in [0.15, 0.2) is 0 Å². The summed E-state index contributed by atoms with van der Waals surface area (Å²) in [5.74, 6) is -0.523. The Morgan fingerprint density at radius 1 is 1.19 bits per heavy atom. The van der Waals surface area contributed by atoms with E-state index in [0.717, 1.165) is 27.7 Å². The minimum atomic E-state index is -0.523. The van der Waals surface area contributed by atoms with Gasteiger partial charge < -0.3 is 14.8 Å². The molecular formula is C19H15FN4O2. The molecule has 2 aliphatic rings. The smallest absolute Gasteiger partial charge is 0.140 e. The molecule has 26 heavy (non-hydrogen) atoms. The maximum atomic E-state index is 13.7. The quantitative estimate of drug-likeness (QED) is 0.704. The number of ether oxygens (including phenoxy) is 2. The summed E-state index contributed by atoms with van der Waals surface area (Å²) in [4.78, 5) is 0. The molecule has 2 aromatic carbocycles. The monoisotopic (exact) mass is 350 g/mol. The van der Waals surface area contributed by atoms with Crippen molar-refractivity contribution in [2.24, 2.45) is 0 Å². The fourth-order valence-corrected chi connectivity index (χ4v) is 3.88. The van der Waals surface area contributed by atoms with E-state index >= 15 is 0 Å². The molecule has 3 heterocycles. The van der Waals surface area contributed by atoms with E-state index in [1.807, 2.05) is 18.2 Å². The van der Waals surface area contributed by atoms with Crippen molar-refractivity contribution in [2.45, 2.75) is 18.2 Å². The van der Waals surface area contributed by atoms with Crippen molar-refractivity contribution in [3.63, 3.8) is 0 Å². The lowest BCUT2D eigenvalue weighted by Gasteiger charge is -2.43. The Balaban J connectivity index is 1.65. The van der Waals surface area contributed by atoms with Gasteiger partial charge >= 0.3 is 0 Å². The molecule has 5 rings (SSSR count). The van der Waals surface area contributed by atoms with Crippen molar-refractivity contribution in [1.82, 2.24) is 10.2 Å². The molecule has 0 aliphatic carbocycles. The van der Waals surface area contributed by atoms with Gasteiger partial charge in [0, 0.05) is 16.6 Å². The fourth-order valence-electron chi connectivity index (χ4n) is 3.88. The molecule has 1 saturated heterocycles. The summed E-state index contributed by atoms with van der Waals surface area (Å²) in [6.45, 7) is 0.997. The van der Waals surface area contributed by atoms with Gasteiger partial charge in [-0.3, -0.25) is 5.10 Å². The summed E-state index contributed by atoms with van der Waals surface area (Å²) >= 11 is 0. The molecule has 6 nitrogen and oxygen atoms in total. The highest BCUT2D eigenvalue weighted by atomic mass is 19.1. The highest BCUT2D eigenvalue weighted by Gasteiger charge is 2.42. The van der Waals surface area contributed by atoms with Crippen LogP contribution in [-0.2, 0) is 9.47 Å². The van der Waals surface area contributed by atoms with Crippen molar-refractivity contribution in [2.75, 3.05) is 18.5 Å². The van der Waals surface area contributed by atoms with Crippen molar-refractivity contribution in [3.8, 4) is 6.07 Å². The Kier molecular flexibility index (Phi) is 3.42. The number of benzene rings is 2. The molecule has 1 fully saturated rings. The first-order valence-corrected chi connectivity index (χ1v) is 8.41. The lowest BCUT2D eigenvalue weighted by atomic mass is 9.86. The summed E-state index contributed by atoms with van der Waals surface area (Å²) in [5.41, 5.74) is 3.69. The molecule has 0 spiro atoms. The summed E-state index contributed by atoms with van der Waals surface area (Å²) in [6, 6.07) is 10.2. The second-order valence-electron chi connectivity index (χ2n) is 6.46. The van der Waals surface area contributed by atoms with Crippen LogP contribution in [0.4, 0.5) is 10.1 Å². The molecule has 3 atom stereocenters. The Labute approximate surface area is 148 Å². The molecule has 1 aromatic heterocycles. The summed E-state index contributed by atoms with van der Waals surface area (Å²) in [7, 11) is 0.